The molecule has 0 radical (unpaired) electrons. The monoisotopic (exact) mass is 522 g/mol. The lowest BCUT2D eigenvalue weighted by Gasteiger charge is -2.19. The third-order valence-electron chi connectivity index (χ3n) is 2.60. The van der Waals surface area contributed by atoms with Crippen LogP contribution in [0, 0.1) is 0 Å². The smallest absolute Gasteiger partial charge is 0.437 e. The highest BCUT2D eigenvalue weighted by atomic mass is 79.9. The van der Waals surface area contributed by atoms with Gasteiger partial charge in [-0.25, -0.2) is 9.59 Å². The Hall–Kier alpha value is -2.08. The van der Waals surface area contributed by atoms with Crippen LogP contribution < -0.4 is 11.5 Å². The molecule has 12 heteroatoms. The fourth-order valence-corrected chi connectivity index (χ4v) is 2.09. The SMILES string of the molecule is CC(C)(C)OC(=O)n1cc(Br)c(N)n1.CC(C)(C)OC(=O)n1ncc(Br)c1N. The number of carbonyl (C=O) groups excluding carboxylic acids is 2. The van der Waals surface area contributed by atoms with Crippen LogP contribution in [0.2, 0.25) is 0 Å². The van der Waals surface area contributed by atoms with Gasteiger partial charge in [0.1, 0.15) is 17.0 Å². The first-order valence-electron chi connectivity index (χ1n) is 8.07. The third kappa shape index (κ3) is 7.50. The molecular formula is C16H24Br2N6O4. The molecule has 0 amide bonds. The van der Waals surface area contributed by atoms with Gasteiger partial charge < -0.3 is 20.9 Å². The van der Waals surface area contributed by atoms with Crippen molar-refractivity contribution in [2.24, 2.45) is 0 Å². The summed E-state index contributed by atoms with van der Waals surface area (Å²) in [4.78, 5) is 22.9. The Balaban J connectivity index is 0.000000280. The first-order valence-corrected chi connectivity index (χ1v) is 9.65. The minimum atomic E-state index is -0.583. The fourth-order valence-electron chi connectivity index (χ4n) is 1.56. The number of halogens is 2. The standard InChI is InChI=1S/2C8H12BrN3O2/c1-8(2,3)14-7(13)12-4-5(9)6(10)11-12;1-8(2,3)14-7(13)12-6(10)5(9)4-11-12/h4H,1-3H3,(H2,10,11);4H,10H2,1-3H3. The average molecular weight is 524 g/mol. The van der Waals surface area contributed by atoms with Crippen LogP contribution in [0.4, 0.5) is 21.2 Å². The van der Waals surface area contributed by atoms with Gasteiger partial charge in [-0.15, -0.1) is 9.78 Å². The molecular weight excluding hydrogens is 500 g/mol. The van der Waals surface area contributed by atoms with Crippen molar-refractivity contribution < 1.29 is 19.1 Å². The van der Waals surface area contributed by atoms with Crippen molar-refractivity contribution in [2.45, 2.75) is 52.7 Å². The van der Waals surface area contributed by atoms with Crippen LogP contribution in [-0.2, 0) is 9.47 Å². The van der Waals surface area contributed by atoms with Crippen molar-refractivity contribution >= 4 is 55.7 Å². The first kappa shape index (κ1) is 24.0. The molecule has 10 nitrogen and oxygen atoms in total. The van der Waals surface area contributed by atoms with E-state index in [9.17, 15) is 9.59 Å². The summed E-state index contributed by atoms with van der Waals surface area (Å²) in [5, 5.41) is 7.54. The molecule has 0 bridgehead atoms. The van der Waals surface area contributed by atoms with Gasteiger partial charge in [-0.1, -0.05) is 0 Å². The van der Waals surface area contributed by atoms with E-state index in [4.69, 9.17) is 20.9 Å². The van der Waals surface area contributed by atoms with Crippen molar-refractivity contribution in [3.05, 3.63) is 21.3 Å². The first-order chi connectivity index (χ1) is 12.6. The number of ether oxygens (including phenoxy) is 2. The van der Waals surface area contributed by atoms with E-state index in [2.05, 4.69) is 42.1 Å². The van der Waals surface area contributed by atoms with Gasteiger partial charge in [0.25, 0.3) is 0 Å². The van der Waals surface area contributed by atoms with Crippen LogP contribution in [0.5, 0.6) is 0 Å². The summed E-state index contributed by atoms with van der Waals surface area (Å²) in [7, 11) is 0. The van der Waals surface area contributed by atoms with E-state index in [1.54, 1.807) is 41.5 Å². The van der Waals surface area contributed by atoms with E-state index in [1.165, 1.54) is 12.4 Å². The van der Waals surface area contributed by atoms with E-state index < -0.39 is 23.4 Å². The molecule has 28 heavy (non-hydrogen) atoms. The van der Waals surface area contributed by atoms with Crippen LogP contribution in [0.1, 0.15) is 41.5 Å². The van der Waals surface area contributed by atoms with Gasteiger partial charge in [-0.2, -0.15) is 9.78 Å². The Bertz CT molecular complexity index is 829. The van der Waals surface area contributed by atoms with Crippen molar-refractivity contribution in [1.29, 1.82) is 0 Å². The summed E-state index contributed by atoms with van der Waals surface area (Å²) in [5.41, 5.74) is 9.94. The predicted octanol–water partition coefficient (Wildman–Crippen LogP) is 4.02. The largest absolute Gasteiger partial charge is 0.442 e. The maximum Gasteiger partial charge on any atom is 0.437 e. The third-order valence-corrected chi connectivity index (χ3v) is 3.82. The number of rotatable bonds is 0. The van der Waals surface area contributed by atoms with Crippen LogP contribution in [0.25, 0.3) is 0 Å². The molecule has 0 fully saturated rings. The highest BCUT2D eigenvalue weighted by molar-refractivity contribution is 9.11. The van der Waals surface area contributed by atoms with E-state index in [1.807, 2.05) is 0 Å². The number of hydrogen-bond donors (Lipinski definition) is 2. The van der Waals surface area contributed by atoms with Crippen LogP contribution in [0.3, 0.4) is 0 Å². The fraction of sp³-hybridized carbons (Fsp3) is 0.500. The van der Waals surface area contributed by atoms with E-state index in [0.717, 1.165) is 9.36 Å². The summed E-state index contributed by atoms with van der Waals surface area (Å²) >= 11 is 6.30. The van der Waals surface area contributed by atoms with Crippen molar-refractivity contribution in [3.8, 4) is 0 Å². The van der Waals surface area contributed by atoms with E-state index in [0.29, 0.717) is 8.95 Å². The molecule has 2 aromatic heterocycles. The van der Waals surface area contributed by atoms with Gasteiger partial charge in [0.2, 0.25) is 0 Å². The Kier molecular flexibility index (Phi) is 7.66. The quantitative estimate of drug-likeness (QED) is 0.527. The molecule has 0 spiro atoms. The van der Waals surface area contributed by atoms with Gasteiger partial charge in [0.05, 0.1) is 21.3 Å². The van der Waals surface area contributed by atoms with Crippen molar-refractivity contribution in [2.75, 3.05) is 11.5 Å². The molecule has 4 N–H and O–H groups in total. The van der Waals surface area contributed by atoms with Gasteiger partial charge in [0.15, 0.2) is 5.82 Å². The molecule has 0 aliphatic heterocycles. The second-order valence-electron chi connectivity index (χ2n) is 7.56. The Morgan fingerprint density at radius 3 is 1.82 bits per heavy atom. The number of nitrogens with zero attached hydrogens (tertiary/aromatic N) is 4. The van der Waals surface area contributed by atoms with Gasteiger partial charge in [-0.05, 0) is 73.4 Å². The van der Waals surface area contributed by atoms with Crippen LogP contribution in [0.15, 0.2) is 21.3 Å². The van der Waals surface area contributed by atoms with E-state index in [-0.39, 0.29) is 11.6 Å². The molecule has 0 aliphatic rings. The number of carbonyl (C=O) groups is 2. The van der Waals surface area contributed by atoms with Gasteiger partial charge in [0, 0.05) is 0 Å². The molecule has 2 aromatic rings. The molecule has 2 rings (SSSR count). The highest BCUT2D eigenvalue weighted by Crippen LogP contribution is 2.19. The highest BCUT2D eigenvalue weighted by Gasteiger charge is 2.21. The minimum absolute atomic E-state index is 0.235. The Morgan fingerprint density at radius 1 is 0.964 bits per heavy atom. The molecule has 0 aromatic carbocycles. The number of nitrogens with two attached hydrogens (primary N) is 2. The van der Waals surface area contributed by atoms with Crippen molar-refractivity contribution in [1.82, 2.24) is 19.6 Å². The number of aromatic nitrogens is 4. The molecule has 0 unspecified atom stereocenters. The van der Waals surface area contributed by atoms with Crippen LogP contribution >= 0.6 is 31.9 Å². The second-order valence-corrected chi connectivity index (χ2v) is 9.27. The molecule has 2 heterocycles. The molecule has 0 aliphatic carbocycles. The van der Waals surface area contributed by atoms with Gasteiger partial charge >= 0.3 is 12.2 Å². The summed E-state index contributed by atoms with van der Waals surface area (Å²) < 4.78 is 13.4. The summed E-state index contributed by atoms with van der Waals surface area (Å²) in [6.07, 6.45) is 1.78. The summed E-state index contributed by atoms with van der Waals surface area (Å²) in [5.74, 6) is 0.495. The lowest BCUT2D eigenvalue weighted by Crippen LogP contribution is -2.28. The number of anilines is 2. The number of nitrogen functional groups attached to an aromatic ring is 2. The molecule has 156 valence electrons. The Morgan fingerprint density at radius 2 is 1.46 bits per heavy atom. The maximum absolute atomic E-state index is 11.5. The normalized spacial score (nSPS) is 11.4. The Labute approximate surface area is 179 Å². The topological polar surface area (TPSA) is 140 Å². The summed E-state index contributed by atoms with van der Waals surface area (Å²) in [6, 6.07) is 0. The zero-order valence-electron chi connectivity index (χ0n) is 16.5. The lowest BCUT2D eigenvalue weighted by atomic mass is 10.2. The zero-order chi connectivity index (χ0) is 21.9. The predicted molar refractivity (Wildman–Crippen MR) is 112 cm³/mol. The average Bonchev–Trinajstić information content (AvgIpc) is 3.00. The van der Waals surface area contributed by atoms with Crippen molar-refractivity contribution in [3.63, 3.8) is 0 Å². The zero-order valence-corrected chi connectivity index (χ0v) is 19.7. The second kappa shape index (κ2) is 8.95. The molecule has 0 atom stereocenters. The minimum Gasteiger partial charge on any atom is -0.442 e. The lowest BCUT2D eigenvalue weighted by molar-refractivity contribution is 0.0505. The molecule has 0 saturated heterocycles. The van der Waals surface area contributed by atoms with Gasteiger partial charge in [-0.3, -0.25) is 0 Å². The van der Waals surface area contributed by atoms with Crippen LogP contribution in [-0.4, -0.2) is 42.9 Å². The number of hydrogen-bond acceptors (Lipinski definition) is 8. The summed E-state index contributed by atoms with van der Waals surface area (Å²) in [6.45, 7) is 10.7. The molecule has 0 saturated carbocycles. The maximum atomic E-state index is 11.5. The van der Waals surface area contributed by atoms with E-state index >= 15 is 0 Å².